The molecule has 4 heteroatoms. The van der Waals surface area contributed by atoms with E-state index in [4.69, 9.17) is 4.74 Å². The summed E-state index contributed by atoms with van der Waals surface area (Å²) in [5.41, 5.74) is 1.50. The number of aldehydes is 1. The molecular formula is C12H13NO2S. The van der Waals surface area contributed by atoms with Crippen molar-refractivity contribution >= 4 is 27.8 Å². The van der Waals surface area contributed by atoms with Crippen LogP contribution in [0, 0.1) is 0 Å². The molecule has 1 aromatic carbocycles. The van der Waals surface area contributed by atoms with Crippen LogP contribution in [0.3, 0.4) is 0 Å². The number of nitrogens with zero attached hydrogens (tertiary/aromatic N) is 1. The second-order valence-corrected chi connectivity index (χ2v) is 4.66. The van der Waals surface area contributed by atoms with Crippen molar-refractivity contribution in [2.45, 2.75) is 19.8 Å². The van der Waals surface area contributed by atoms with Gasteiger partial charge in [-0.3, -0.25) is 4.79 Å². The number of aryl methyl sites for hydroxylation is 1. The number of carbonyl (C=O) groups is 1. The van der Waals surface area contributed by atoms with E-state index in [1.165, 1.54) is 0 Å². The van der Waals surface area contributed by atoms with E-state index in [1.54, 1.807) is 24.5 Å². The van der Waals surface area contributed by atoms with Crippen LogP contribution < -0.4 is 4.74 Å². The van der Waals surface area contributed by atoms with Crippen LogP contribution in [0.15, 0.2) is 12.1 Å². The number of methoxy groups -OCH3 is 1. The number of fused-ring (bicyclic) bond motifs is 1. The van der Waals surface area contributed by atoms with Gasteiger partial charge in [0.2, 0.25) is 0 Å². The van der Waals surface area contributed by atoms with E-state index in [0.717, 1.165) is 34.4 Å². The third-order valence-electron chi connectivity index (χ3n) is 2.35. The number of hydrogen-bond donors (Lipinski definition) is 0. The van der Waals surface area contributed by atoms with Gasteiger partial charge in [-0.15, -0.1) is 11.3 Å². The summed E-state index contributed by atoms with van der Waals surface area (Å²) in [7, 11) is 1.60. The summed E-state index contributed by atoms with van der Waals surface area (Å²) in [6.07, 6.45) is 2.88. The Hall–Kier alpha value is -1.42. The lowest BCUT2D eigenvalue weighted by atomic mass is 10.2. The Morgan fingerprint density at radius 2 is 2.31 bits per heavy atom. The molecule has 0 amide bonds. The molecule has 0 unspecified atom stereocenters. The van der Waals surface area contributed by atoms with E-state index in [1.807, 2.05) is 6.07 Å². The third kappa shape index (κ3) is 1.93. The first-order valence-electron chi connectivity index (χ1n) is 5.21. The zero-order chi connectivity index (χ0) is 11.5. The molecule has 1 aromatic heterocycles. The lowest BCUT2D eigenvalue weighted by Crippen LogP contribution is -1.88. The van der Waals surface area contributed by atoms with Crippen molar-refractivity contribution in [1.82, 2.24) is 4.98 Å². The van der Waals surface area contributed by atoms with E-state index in [0.29, 0.717) is 11.3 Å². The van der Waals surface area contributed by atoms with Crippen LogP contribution in [-0.4, -0.2) is 18.4 Å². The van der Waals surface area contributed by atoms with Gasteiger partial charge in [0.25, 0.3) is 0 Å². The van der Waals surface area contributed by atoms with Gasteiger partial charge in [-0.1, -0.05) is 6.92 Å². The van der Waals surface area contributed by atoms with Gasteiger partial charge >= 0.3 is 0 Å². The molecule has 0 saturated heterocycles. The SMILES string of the molecule is CCCc1nc2c(OC)cc(C=O)cc2s1. The topological polar surface area (TPSA) is 39.2 Å². The quantitative estimate of drug-likeness (QED) is 0.764. The number of rotatable bonds is 4. The second kappa shape index (κ2) is 4.61. The lowest BCUT2D eigenvalue weighted by Gasteiger charge is -2.00. The third-order valence-corrected chi connectivity index (χ3v) is 3.41. The smallest absolute Gasteiger partial charge is 0.150 e. The highest BCUT2D eigenvalue weighted by molar-refractivity contribution is 7.18. The molecule has 3 nitrogen and oxygen atoms in total. The van der Waals surface area contributed by atoms with E-state index in [2.05, 4.69) is 11.9 Å². The standard InChI is InChI=1S/C12H13NO2S/c1-3-4-11-13-12-9(15-2)5-8(7-14)6-10(12)16-11/h5-7H,3-4H2,1-2H3. The number of ether oxygens (including phenoxy) is 1. The van der Waals surface area contributed by atoms with Crippen LogP contribution in [0.4, 0.5) is 0 Å². The largest absolute Gasteiger partial charge is 0.494 e. The lowest BCUT2D eigenvalue weighted by molar-refractivity contribution is 0.112. The zero-order valence-corrected chi connectivity index (χ0v) is 10.1. The van der Waals surface area contributed by atoms with Gasteiger partial charge in [0.1, 0.15) is 17.6 Å². The van der Waals surface area contributed by atoms with Crippen LogP contribution in [0.25, 0.3) is 10.2 Å². The highest BCUT2D eigenvalue weighted by Gasteiger charge is 2.10. The highest BCUT2D eigenvalue weighted by atomic mass is 32.1. The Bertz CT molecular complexity index is 519. The molecule has 0 aliphatic rings. The predicted octanol–water partition coefficient (Wildman–Crippen LogP) is 3.07. The molecule has 0 bridgehead atoms. The fourth-order valence-electron chi connectivity index (χ4n) is 1.61. The normalized spacial score (nSPS) is 10.6. The summed E-state index contributed by atoms with van der Waals surface area (Å²) in [6.45, 7) is 2.13. The van der Waals surface area contributed by atoms with Crippen LogP contribution in [-0.2, 0) is 6.42 Å². The minimum atomic E-state index is 0.635. The van der Waals surface area contributed by atoms with Crippen LogP contribution in [0.2, 0.25) is 0 Å². The van der Waals surface area contributed by atoms with Crippen molar-refractivity contribution in [3.8, 4) is 5.75 Å². The van der Waals surface area contributed by atoms with Gasteiger partial charge in [-0.2, -0.15) is 0 Å². The highest BCUT2D eigenvalue weighted by Crippen LogP contribution is 2.31. The van der Waals surface area contributed by atoms with Gasteiger partial charge in [-0.05, 0) is 25.0 Å². The fourth-order valence-corrected chi connectivity index (χ4v) is 2.74. The maximum absolute atomic E-state index is 10.8. The molecule has 0 N–H and O–H groups in total. The molecule has 0 atom stereocenters. The molecule has 0 radical (unpaired) electrons. The minimum absolute atomic E-state index is 0.635. The number of hydrogen-bond acceptors (Lipinski definition) is 4. The molecule has 0 aliphatic carbocycles. The molecule has 84 valence electrons. The average Bonchev–Trinajstić information content (AvgIpc) is 2.70. The summed E-state index contributed by atoms with van der Waals surface area (Å²) in [6, 6.07) is 3.59. The first-order valence-corrected chi connectivity index (χ1v) is 6.02. The van der Waals surface area contributed by atoms with Crippen molar-refractivity contribution in [3.63, 3.8) is 0 Å². The summed E-state index contributed by atoms with van der Waals surface area (Å²) in [5.74, 6) is 0.679. The number of aromatic nitrogens is 1. The van der Waals surface area contributed by atoms with Crippen molar-refractivity contribution < 1.29 is 9.53 Å². The first-order chi connectivity index (χ1) is 7.78. The molecular weight excluding hydrogens is 222 g/mol. The first kappa shape index (κ1) is 11.1. The van der Waals surface area contributed by atoms with Gasteiger partial charge in [0.05, 0.1) is 16.8 Å². The molecule has 2 rings (SSSR count). The molecule has 2 aromatic rings. The van der Waals surface area contributed by atoms with Gasteiger partial charge < -0.3 is 4.74 Å². The molecule has 0 saturated carbocycles. The molecule has 0 aliphatic heterocycles. The monoisotopic (exact) mass is 235 g/mol. The predicted molar refractivity (Wildman–Crippen MR) is 65.6 cm³/mol. The Morgan fingerprint density at radius 3 is 2.94 bits per heavy atom. The maximum atomic E-state index is 10.8. The van der Waals surface area contributed by atoms with Crippen LogP contribution in [0.1, 0.15) is 28.7 Å². The maximum Gasteiger partial charge on any atom is 0.150 e. The molecule has 16 heavy (non-hydrogen) atoms. The van der Waals surface area contributed by atoms with Gasteiger partial charge in [0, 0.05) is 5.56 Å². The summed E-state index contributed by atoms with van der Waals surface area (Å²) in [4.78, 5) is 15.3. The van der Waals surface area contributed by atoms with Gasteiger partial charge in [-0.25, -0.2) is 4.98 Å². The molecule has 1 heterocycles. The summed E-state index contributed by atoms with van der Waals surface area (Å²) < 4.78 is 6.27. The zero-order valence-electron chi connectivity index (χ0n) is 9.32. The Labute approximate surface area is 98.1 Å². The Balaban J connectivity index is 2.60. The van der Waals surface area contributed by atoms with Crippen molar-refractivity contribution in [1.29, 1.82) is 0 Å². The minimum Gasteiger partial charge on any atom is -0.494 e. The number of benzene rings is 1. The average molecular weight is 235 g/mol. The van der Waals surface area contributed by atoms with Crippen molar-refractivity contribution in [2.75, 3.05) is 7.11 Å². The number of carbonyl (C=O) groups excluding carboxylic acids is 1. The van der Waals surface area contributed by atoms with Crippen LogP contribution in [0.5, 0.6) is 5.75 Å². The fraction of sp³-hybridized carbons (Fsp3) is 0.333. The Kier molecular flexibility index (Phi) is 3.19. The van der Waals surface area contributed by atoms with E-state index in [9.17, 15) is 4.79 Å². The Morgan fingerprint density at radius 1 is 1.50 bits per heavy atom. The van der Waals surface area contributed by atoms with Crippen molar-refractivity contribution in [3.05, 3.63) is 22.7 Å². The van der Waals surface area contributed by atoms with Crippen molar-refractivity contribution in [2.24, 2.45) is 0 Å². The van der Waals surface area contributed by atoms with E-state index in [-0.39, 0.29) is 0 Å². The molecule has 0 fully saturated rings. The number of thiazole rings is 1. The van der Waals surface area contributed by atoms with Gasteiger partial charge in [0.15, 0.2) is 0 Å². The van der Waals surface area contributed by atoms with Crippen LogP contribution >= 0.6 is 11.3 Å². The van der Waals surface area contributed by atoms with E-state index >= 15 is 0 Å². The second-order valence-electron chi connectivity index (χ2n) is 3.55. The van der Waals surface area contributed by atoms with E-state index < -0.39 is 0 Å². The summed E-state index contributed by atoms with van der Waals surface area (Å²) in [5, 5.41) is 1.10. The summed E-state index contributed by atoms with van der Waals surface area (Å²) >= 11 is 1.63. The molecule has 0 spiro atoms.